The molecule has 0 radical (unpaired) electrons. The first-order valence-corrected chi connectivity index (χ1v) is 9.64. The number of nitrogens with zero attached hydrogens (tertiary/aromatic N) is 5. The first kappa shape index (κ1) is 23.0. The second-order valence-electron chi connectivity index (χ2n) is 7.22. The lowest BCUT2D eigenvalue weighted by atomic mass is 10.2. The zero-order valence-corrected chi connectivity index (χ0v) is 17.1. The van der Waals surface area contributed by atoms with Crippen molar-refractivity contribution in [3.8, 4) is 0 Å². The number of carbonyl (C=O) groups excluding carboxylic acids is 2. The number of hydrogen-bond donors (Lipinski definition) is 1. The molecule has 1 atom stereocenters. The average molecular weight is 454 g/mol. The third-order valence-electron chi connectivity index (χ3n) is 4.81. The van der Waals surface area contributed by atoms with E-state index in [-0.39, 0.29) is 31.1 Å². The second-order valence-corrected chi connectivity index (χ2v) is 7.22. The molecule has 1 fully saturated rings. The lowest BCUT2D eigenvalue weighted by Crippen LogP contribution is -2.50. The van der Waals surface area contributed by atoms with Crippen molar-refractivity contribution in [2.45, 2.75) is 25.7 Å². The minimum absolute atomic E-state index is 0.0435. The monoisotopic (exact) mass is 454 g/mol. The van der Waals surface area contributed by atoms with Crippen LogP contribution in [-0.4, -0.2) is 63.7 Å². The van der Waals surface area contributed by atoms with Crippen LogP contribution in [0.5, 0.6) is 0 Å². The highest BCUT2D eigenvalue weighted by atomic mass is 19.4. The Morgan fingerprint density at radius 3 is 2.38 bits per heavy atom. The molecule has 1 aliphatic heterocycles. The van der Waals surface area contributed by atoms with Gasteiger partial charge in [0.1, 0.15) is 11.7 Å². The molecule has 3 rings (SSSR count). The largest absolute Gasteiger partial charge is 0.445 e. The topological polar surface area (TPSA) is 124 Å². The Hall–Kier alpha value is -3.64. The molecule has 10 nitrogen and oxygen atoms in total. The summed E-state index contributed by atoms with van der Waals surface area (Å²) in [5, 5.41) is 0. The number of amides is 2. The first-order valence-electron chi connectivity index (χ1n) is 9.64. The van der Waals surface area contributed by atoms with E-state index in [1.165, 1.54) is 23.4 Å². The third kappa shape index (κ3) is 5.53. The van der Waals surface area contributed by atoms with Crippen LogP contribution in [0.25, 0.3) is 0 Å². The van der Waals surface area contributed by atoms with Crippen LogP contribution in [0.4, 0.5) is 23.9 Å². The molecule has 0 unspecified atom stereocenters. The molecule has 1 aliphatic rings. The molecule has 0 aliphatic carbocycles. The van der Waals surface area contributed by atoms with Gasteiger partial charge in [-0.05, 0) is 6.92 Å². The molecule has 32 heavy (non-hydrogen) atoms. The summed E-state index contributed by atoms with van der Waals surface area (Å²) in [5.74, 6) is -0.337. The smallest absolute Gasteiger partial charge is 0.419 e. The van der Waals surface area contributed by atoms with Crippen LogP contribution in [-0.2, 0) is 17.5 Å². The fraction of sp³-hybridized carbons (Fsp3) is 0.421. The average Bonchev–Trinajstić information content (AvgIpc) is 2.73. The van der Waals surface area contributed by atoms with Crippen LogP contribution in [0.1, 0.15) is 22.8 Å². The molecule has 2 N–H and O–H groups in total. The molecular formula is C19H21F3N6O4. The van der Waals surface area contributed by atoms with Gasteiger partial charge in [0.15, 0.2) is 5.43 Å². The van der Waals surface area contributed by atoms with Crippen molar-refractivity contribution >= 4 is 17.9 Å². The minimum Gasteiger partial charge on any atom is -0.445 e. The predicted molar refractivity (Wildman–Crippen MR) is 106 cm³/mol. The highest BCUT2D eigenvalue weighted by Crippen LogP contribution is 2.28. The predicted octanol–water partition coefficient (Wildman–Crippen LogP) is 1.10. The van der Waals surface area contributed by atoms with Crippen LogP contribution in [0.3, 0.4) is 0 Å². The fourth-order valence-electron chi connectivity index (χ4n) is 3.24. The van der Waals surface area contributed by atoms with Gasteiger partial charge in [-0.25, -0.2) is 14.8 Å². The number of nitrogens with two attached hydrogens (primary N) is 1. The van der Waals surface area contributed by atoms with E-state index in [4.69, 9.17) is 10.5 Å². The summed E-state index contributed by atoms with van der Waals surface area (Å²) in [6.07, 6.45) is -1.72. The Balaban J connectivity index is 1.64. The maximum atomic E-state index is 12.9. The SMILES string of the molecule is C[C@@H](Cn1ccc(=O)c(C(=O)N2CCN(c3ncc(C(F)(F)F)cn3)CC2)c1)OC(N)=O. The highest BCUT2D eigenvalue weighted by molar-refractivity contribution is 5.94. The van der Waals surface area contributed by atoms with Crippen molar-refractivity contribution in [2.24, 2.45) is 5.73 Å². The number of hydrogen-bond acceptors (Lipinski definition) is 7. The molecule has 2 aromatic rings. The summed E-state index contributed by atoms with van der Waals surface area (Å²) in [6.45, 7) is 2.87. The number of ether oxygens (including phenoxy) is 1. The summed E-state index contributed by atoms with van der Waals surface area (Å²) in [7, 11) is 0. The molecule has 0 saturated carbocycles. The van der Waals surface area contributed by atoms with E-state index in [0.717, 1.165) is 12.4 Å². The maximum Gasteiger partial charge on any atom is 0.419 e. The van der Waals surface area contributed by atoms with Gasteiger partial charge < -0.3 is 24.8 Å². The van der Waals surface area contributed by atoms with Crippen molar-refractivity contribution in [3.05, 3.63) is 52.2 Å². The number of carbonyl (C=O) groups is 2. The van der Waals surface area contributed by atoms with Crippen LogP contribution in [0.15, 0.2) is 35.6 Å². The number of aromatic nitrogens is 3. The summed E-state index contributed by atoms with van der Waals surface area (Å²) >= 11 is 0. The van der Waals surface area contributed by atoms with Crippen LogP contribution < -0.4 is 16.1 Å². The standard InChI is InChI=1S/C19H21F3N6O4/c1-12(32-17(23)31)10-26-3-2-15(29)14(11-26)16(30)27-4-6-28(7-5-27)18-24-8-13(9-25-18)19(20,21)22/h2-3,8-9,11-12H,4-7,10H2,1H3,(H2,23,31)/t12-/m0/s1. The van der Waals surface area contributed by atoms with E-state index >= 15 is 0 Å². The van der Waals surface area contributed by atoms with Gasteiger partial charge in [-0.15, -0.1) is 0 Å². The number of alkyl halides is 3. The highest BCUT2D eigenvalue weighted by Gasteiger charge is 2.32. The van der Waals surface area contributed by atoms with Gasteiger partial charge in [0, 0.05) is 57.0 Å². The van der Waals surface area contributed by atoms with Gasteiger partial charge in [-0.2, -0.15) is 13.2 Å². The van der Waals surface area contributed by atoms with Crippen LogP contribution in [0.2, 0.25) is 0 Å². The summed E-state index contributed by atoms with van der Waals surface area (Å²) in [4.78, 5) is 46.6. The van der Waals surface area contributed by atoms with E-state index in [0.29, 0.717) is 13.1 Å². The zero-order valence-electron chi connectivity index (χ0n) is 17.1. The number of rotatable bonds is 5. The molecule has 0 bridgehead atoms. The Bertz CT molecular complexity index is 1030. The summed E-state index contributed by atoms with van der Waals surface area (Å²) in [5.41, 5.74) is 3.54. The van der Waals surface area contributed by atoms with Crippen LogP contribution in [0, 0.1) is 0 Å². The van der Waals surface area contributed by atoms with Gasteiger partial charge >= 0.3 is 12.3 Å². The number of anilines is 1. The van der Waals surface area contributed by atoms with Crippen molar-refractivity contribution in [1.82, 2.24) is 19.4 Å². The number of primary amides is 1. The molecule has 3 heterocycles. The molecular weight excluding hydrogens is 433 g/mol. The first-order chi connectivity index (χ1) is 15.0. The Kier molecular flexibility index (Phi) is 6.65. The zero-order chi connectivity index (χ0) is 23.5. The Labute approximate surface area is 180 Å². The summed E-state index contributed by atoms with van der Waals surface area (Å²) in [6, 6.07) is 1.25. The lowest BCUT2D eigenvalue weighted by Gasteiger charge is -2.34. The number of halogens is 3. The third-order valence-corrected chi connectivity index (χ3v) is 4.81. The molecule has 0 aromatic carbocycles. The normalized spacial score (nSPS) is 15.4. The molecule has 2 aromatic heterocycles. The Morgan fingerprint density at radius 1 is 1.19 bits per heavy atom. The van der Waals surface area contributed by atoms with E-state index in [9.17, 15) is 27.6 Å². The van der Waals surface area contributed by atoms with E-state index in [1.807, 2.05) is 0 Å². The molecule has 2 amide bonds. The quantitative estimate of drug-likeness (QED) is 0.718. The lowest BCUT2D eigenvalue weighted by molar-refractivity contribution is -0.138. The molecule has 1 saturated heterocycles. The molecule has 13 heteroatoms. The van der Waals surface area contributed by atoms with Crippen molar-refractivity contribution in [2.75, 3.05) is 31.1 Å². The van der Waals surface area contributed by atoms with Crippen LogP contribution >= 0.6 is 0 Å². The fourth-order valence-corrected chi connectivity index (χ4v) is 3.24. The van der Waals surface area contributed by atoms with Gasteiger partial charge in [0.25, 0.3) is 5.91 Å². The van der Waals surface area contributed by atoms with Crippen molar-refractivity contribution < 1.29 is 27.5 Å². The minimum atomic E-state index is -4.52. The van der Waals surface area contributed by atoms with E-state index in [1.54, 1.807) is 16.4 Å². The molecule has 172 valence electrons. The Morgan fingerprint density at radius 2 is 1.81 bits per heavy atom. The second kappa shape index (κ2) is 9.24. The van der Waals surface area contributed by atoms with E-state index in [2.05, 4.69) is 9.97 Å². The summed E-state index contributed by atoms with van der Waals surface area (Å²) < 4.78 is 44.4. The van der Waals surface area contributed by atoms with Gasteiger partial charge in [0.05, 0.1) is 12.1 Å². The number of piperazine rings is 1. The van der Waals surface area contributed by atoms with Crippen molar-refractivity contribution in [1.29, 1.82) is 0 Å². The van der Waals surface area contributed by atoms with Gasteiger partial charge in [-0.1, -0.05) is 0 Å². The number of pyridine rings is 1. The molecule has 0 spiro atoms. The van der Waals surface area contributed by atoms with E-state index < -0.39 is 35.3 Å². The maximum absolute atomic E-state index is 12.9. The van der Waals surface area contributed by atoms with Crippen molar-refractivity contribution in [3.63, 3.8) is 0 Å². The van der Waals surface area contributed by atoms with Gasteiger partial charge in [0.2, 0.25) is 5.95 Å². The van der Waals surface area contributed by atoms with Gasteiger partial charge in [-0.3, -0.25) is 9.59 Å².